The molecule has 4 rings (SSSR count). The second-order valence-electron chi connectivity index (χ2n) is 10.0. The lowest BCUT2D eigenvalue weighted by molar-refractivity contribution is -0.156. The summed E-state index contributed by atoms with van der Waals surface area (Å²) in [6.45, 7) is 8.40. The Kier molecular flexibility index (Phi) is 8.15. The SMILES string of the molecule is C=CCN(CCCC)C(=O)[C@@H]1N([C@@H](CO)Cc2ccccc2)C(=O)[C@H]2[C@H](C(=O)OCC)[C@@H]3CC[C@]12O3. The number of carbonyl (C=O) groups is 3. The Bertz CT molecular complexity index is 968. The predicted molar refractivity (Wildman–Crippen MR) is 134 cm³/mol. The average Bonchev–Trinajstić information content (AvgIpc) is 3.53. The summed E-state index contributed by atoms with van der Waals surface area (Å²) in [7, 11) is 0. The summed E-state index contributed by atoms with van der Waals surface area (Å²) in [6, 6.07) is 8.05. The Morgan fingerprint density at radius 1 is 1.33 bits per heavy atom. The van der Waals surface area contributed by atoms with E-state index in [1.807, 2.05) is 30.3 Å². The second kappa shape index (κ2) is 11.1. The van der Waals surface area contributed by atoms with Crippen LogP contribution in [0.4, 0.5) is 0 Å². The molecular weight excluding hydrogens is 460 g/mol. The van der Waals surface area contributed by atoms with Crippen LogP contribution in [0.1, 0.15) is 45.1 Å². The van der Waals surface area contributed by atoms with Gasteiger partial charge in [-0.3, -0.25) is 14.4 Å². The number of carbonyl (C=O) groups excluding carboxylic acids is 3. The number of esters is 1. The summed E-state index contributed by atoms with van der Waals surface area (Å²) >= 11 is 0. The molecule has 36 heavy (non-hydrogen) atoms. The first-order valence-corrected chi connectivity index (χ1v) is 13.1. The normalized spacial score (nSPS) is 29.2. The number of ether oxygens (including phenoxy) is 2. The summed E-state index contributed by atoms with van der Waals surface area (Å²) < 4.78 is 11.8. The molecule has 1 N–H and O–H groups in total. The summed E-state index contributed by atoms with van der Waals surface area (Å²) in [6.07, 6.45) is 4.46. The number of rotatable bonds is 12. The van der Waals surface area contributed by atoms with Crippen LogP contribution in [-0.2, 0) is 30.3 Å². The highest BCUT2D eigenvalue weighted by atomic mass is 16.6. The van der Waals surface area contributed by atoms with Crippen LogP contribution in [-0.4, -0.2) is 82.8 Å². The van der Waals surface area contributed by atoms with E-state index in [1.165, 1.54) is 4.90 Å². The monoisotopic (exact) mass is 498 g/mol. The largest absolute Gasteiger partial charge is 0.466 e. The van der Waals surface area contributed by atoms with Crippen LogP contribution in [0.3, 0.4) is 0 Å². The van der Waals surface area contributed by atoms with Crippen molar-refractivity contribution < 1.29 is 29.0 Å². The molecule has 2 bridgehead atoms. The zero-order valence-electron chi connectivity index (χ0n) is 21.3. The molecule has 8 nitrogen and oxygen atoms in total. The van der Waals surface area contributed by atoms with Crippen LogP contribution >= 0.6 is 0 Å². The van der Waals surface area contributed by atoms with E-state index in [9.17, 15) is 19.5 Å². The van der Waals surface area contributed by atoms with Gasteiger partial charge in [-0.15, -0.1) is 6.58 Å². The van der Waals surface area contributed by atoms with E-state index in [0.717, 1.165) is 18.4 Å². The Labute approximate surface area is 213 Å². The van der Waals surface area contributed by atoms with Crippen molar-refractivity contribution in [3.05, 3.63) is 48.6 Å². The van der Waals surface area contributed by atoms with Gasteiger partial charge in [0.05, 0.1) is 37.2 Å². The average molecular weight is 499 g/mol. The van der Waals surface area contributed by atoms with Crippen molar-refractivity contribution in [1.29, 1.82) is 0 Å². The number of aliphatic hydroxyl groups excluding tert-OH is 1. The summed E-state index contributed by atoms with van der Waals surface area (Å²) in [5.74, 6) is -2.52. The third-order valence-corrected chi connectivity index (χ3v) is 7.89. The zero-order chi connectivity index (χ0) is 25.9. The Morgan fingerprint density at radius 2 is 2.08 bits per heavy atom. The number of hydrogen-bond acceptors (Lipinski definition) is 6. The van der Waals surface area contributed by atoms with Gasteiger partial charge in [0.2, 0.25) is 11.8 Å². The van der Waals surface area contributed by atoms with Crippen molar-refractivity contribution in [1.82, 2.24) is 9.80 Å². The van der Waals surface area contributed by atoms with Gasteiger partial charge < -0.3 is 24.4 Å². The second-order valence-corrected chi connectivity index (χ2v) is 10.0. The fraction of sp³-hybridized carbons (Fsp3) is 0.607. The number of benzene rings is 1. The first kappa shape index (κ1) is 26.4. The molecule has 8 heteroatoms. The minimum Gasteiger partial charge on any atom is -0.466 e. The highest BCUT2D eigenvalue weighted by Gasteiger charge is 2.75. The van der Waals surface area contributed by atoms with E-state index >= 15 is 0 Å². The third-order valence-electron chi connectivity index (χ3n) is 7.89. The molecule has 3 fully saturated rings. The van der Waals surface area contributed by atoms with Gasteiger partial charge in [0.25, 0.3) is 0 Å². The van der Waals surface area contributed by atoms with Crippen LogP contribution in [0.2, 0.25) is 0 Å². The Balaban J connectivity index is 1.76. The summed E-state index contributed by atoms with van der Waals surface area (Å²) in [5.41, 5.74) is -0.155. The number of unbranched alkanes of at least 4 members (excludes halogenated alkanes) is 1. The summed E-state index contributed by atoms with van der Waals surface area (Å²) in [5, 5.41) is 10.5. The minimum atomic E-state index is -1.11. The van der Waals surface area contributed by atoms with E-state index in [0.29, 0.717) is 32.4 Å². The molecule has 6 atom stereocenters. The topological polar surface area (TPSA) is 96.4 Å². The van der Waals surface area contributed by atoms with E-state index < -0.39 is 41.6 Å². The molecule has 196 valence electrons. The van der Waals surface area contributed by atoms with Crippen molar-refractivity contribution in [2.75, 3.05) is 26.3 Å². The molecule has 3 aliphatic heterocycles. The molecule has 0 radical (unpaired) electrons. The maximum absolute atomic E-state index is 14.2. The predicted octanol–water partition coefficient (Wildman–Crippen LogP) is 2.34. The number of fused-ring (bicyclic) bond motifs is 1. The van der Waals surface area contributed by atoms with Crippen LogP contribution in [0.5, 0.6) is 0 Å². The van der Waals surface area contributed by atoms with Crippen molar-refractivity contribution >= 4 is 17.8 Å². The molecule has 2 amide bonds. The zero-order valence-corrected chi connectivity index (χ0v) is 21.3. The molecule has 1 aromatic rings. The van der Waals surface area contributed by atoms with Gasteiger partial charge in [-0.1, -0.05) is 49.8 Å². The molecular formula is C28H38N2O6. The van der Waals surface area contributed by atoms with Gasteiger partial charge >= 0.3 is 5.97 Å². The molecule has 0 unspecified atom stereocenters. The number of amides is 2. The van der Waals surface area contributed by atoms with Crippen LogP contribution < -0.4 is 0 Å². The van der Waals surface area contributed by atoms with Crippen LogP contribution in [0.25, 0.3) is 0 Å². The van der Waals surface area contributed by atoms with E-state index in [-0.39, 0.29) is 25.0 Å². The van der Waals surface area contributed by atoms with E-state index in [1.54, 1.807) is 17.9 Å². The van der Waals surface area contributed by atoms with Crippen molar-refractivity contribution in [3.63, 3.8) is 0 Å². The quantitative estimate of drug-likeness (QED) is 0.351. The van der Waals surface area contributed by atoms with Gasteiger partial charge in [-0.05, 0) is 38.2 Å². The molecule has 1 spiro atoms. The maximum Gasteiger partial charge on any atom is 0.312 e. The van der Waals surface area contributed by atoms with Gasteiger partial charge in [0.1, 0.15) is 11.6 Å². The maximum atomic E-state index is 14.2. The lowest BCUT2D eigenvalue weighted by Crippen LogP contribution is -2.59. The first-order valence-electron chi connectivity index (χ1n) is 13.1. The highest BCUT2D eigenvalue weighted by Crippen LogP contribution is 2.59. The number of nitrogens with zero attached hydrogens (tertiary/aromatic N) is 2. The van der Waals surface area contributed by atoms with Gasteiger partial charge in [-0.25, -0.2) is 0 Å². The standard InChI is InChI=1S/C28H38N2O6/c1-4-7-16-29(15-5-2)26(33)24-28-14-13-21(36-28)22(27(34)35-6-3)23(28)25(32)30(24)20(18-31)17-19-11-9-8-10-12-19/h5,8-12,20-24,31H,2,4,6-7,13-18H2,1,3H3/t20-,21+,22-,23-,24+,28-/m1/s1. The van der Waals surface area contributed by atoms with E-state index in [2.05, 4.69) is 13.5 Å². The van der Waals surface area contributed by atoms with Crippen molar-refractivity contribution in [2.24, 2.45) is 11.8 Å². The van der Waals surface area contributed by atoms with Gasteiger partial charge in [0.15, 0.2) is 0 Å². The molecule has 3 aliphatic rings. The van der Waals surface area contributed by atoms with Crippen LogP contribution in [0.15, 0.2) is 43.0 Å². The lowest BCUT2D eigenvalue weighted by Gasteiger charge is -2.39. The molecule has 0 aliphatic carbocycles. The number of aliphatic hydroxyl groups is 1. The summed E-state index contributed by atoms with van der Waals surface area (Å²) in [4.78, 5) is 44.6. The Hall–Kier alpha value is -2.71. The molecule has 0 saturated carbocycles. The number of likely N-dealkylation sites (tertiary alicyclic amines) is 1. The van der Waals surface area contributed by atoms with Gasteiger partial charge in [-0.2, -0.15) is 0 Å². The highest BCUT2D eigenvalue weighted by molar-refractivity contribution is 5.98. The van der Waals surface area contributed by atoms with Crippen molar-refractivity contribution in [2.45, 2.75) is 69.7 Å². The fourth-order valence-electron chi connectivity index (χ4n) is 6.38. The van der Waals surface area contributed by atoms with E-state index in [4.69, 9.17) is 9.47 Å². The minimum absolute atomic E-state index is 0.208. The fourth-order valence-corrected chi connectivity index (χ4v) is 6.38. The molecule has 3 heterocycles. The Morgan fingerprint density at radius 3 is 2.72 bits per heavy atom. The number of hydrogen-bond donors (Lipinski definition) is 1. The molecule has 1 aromatic carbocycles. The van der Waals surface area contributed by atoms with Crippen molar-refractivity contribution in [3.8, 4) is 0 Å². The molecule has 0 aromatic heterocycles. The molecule has 3 saturated heterocycles. The van der Waals surface area contributed by atoms with Gasteiger partial charge in [0, 0.05) is 13.1 Å². The smallest absolute Gasteiger partial charge is 0.312 e. The third kappa shape index (κ3) is 4.45. The first-order chi connectivity index (χ1) is 17.4. The van der Waals surface area contributed by atoms with Crippen LogP contribution in [0, 0.1) is 11.8 Å². The lowest BCUT2D eigenvalue weighted by atomic mass is 9.70.